The third kappa shape index (κ3) is 6.46. The third-order valence-corrected chi connectivity index (χ3v) is 3.32. The highest BCUT2D eigenvalue weighted by molar-refractivity contribution is 5.97. The number of halogens is 6. The van der Waals surface area contributed by atoms with Gasteiger partial charge in [0.25, 0.3) is 5.91 Å². The van der Waals surface area contributed by atoms with Crippen LogP contribution in [-0.2, 0) is 26.7 Å². The van der Waals surface area contributed by atoms with Gasteiger partial charge in [-0.2, -0.15) is 26.3 Å². The van der Waals surface area contributed by atoms with E-state index in [2.05, 4.69) is 4.74 Å². The van der Waals surface area contributed by atoms with Gasteiger partial charge in [-0.1, -0.05) is 0 Å². The summed E-state index contributed by atoms with van der Waals surface area (Å²) in [5.41, 5.74) is -4.46. The van der Waals surface area contributed by atoms with Crippen LogP contribution in [0.15, 0.2) is 18.2 Å². The number of amides is 1. The molecule has 0 aliphatic carbocycles. The van der Waals surface area contributed by atoms with Gasteiger partial charge in [-0.25, -0.2) is 4.79 Å². The van der Waals surface area contributed by atoms with Crippen LogP contribution in [0.2, 0.25) is 0 Å². The van der Waals surface area contributed by atoms with Crippen molar-refractivity contribution in [1.82, 2.24) is 5.32 Å². The fourth-order valence-electron chi connectivity index (χ4n) is 1.95. The van der Waals surface area contributed by atoms with Crippen molar-refractivity contribution in [2.24, 2.45) is 0 Å². The first-order valence-corrected chi connectivity index (χ1v) is 7.15. The third-order valence-electron chi connectivity index (χ3n) is 3.32. The quantitative estimate of drug-likeness (QED) is 0.565. The van der Waals surface area contributed by atoms with Crippen molar-refractivity contribution in [3.05, 3.63) is 34.9 Å². The Labute approximate surface area is 148 Å². The number of benzene rings is 1. The Morgan fingerprint density at radius 3 is 1.89 bits per heavy atom. The van der Waals surface area contributed by atoms with E-state index in [1.54, 1.807) is 5.32 Å². The van der Waals surface area contributed by atoms with Crippen LogP contribution in [0.3, 0.4) is 0 Å². The van der Waals surface area contributed by atoms with Crippen LogP contribution in [-0.4, -0.2) is 36.1 Å². The van der Waals surface area contributed by atoms with Gasteiger partial charge in [-0.05, 0) is 24.6 Å². The zero-order chi connectivity index (χ0) is 21.0. The molecule has 150 valence electrons. The van der Waals surface area contributed by atoms with Crippen molar-refractivity contribution in [2.45, 2.75) is 31.2 Å². The number of ether oxygens (including phenoxy) is 1. The number of carboxylic acids is 1. The molecule has 0 aliphatic heterocycles. The lowest BCUT2D eigenvalue weighted by atomic mass is 10.0. The summed E-state index contributed by atoms with van der Waals surface area (Å²) in [6, 6.07) is -1.54. The van der Waals surface area contributed by atoms with Crippen LogP contribution in [0.1, 0.15) is 34.3 Å². The smallest absolute Gasteiger partial charge is 0.416 e. The van der Waals surface area contributed by atoms with Gasteiger partial charge in [0.05, 0.1) is 18.2 Å². The monoisotopic (exact) mass is 401 g/mol. The van der Waals surface area contributed by atoms with Gasteiger partial charge in [-0.15, -0.1) is 0 Å². The number of alkyl halides is 6. The Hall–Kier alpha value is -2.79. The van der Waals surface area contributed by atoms with E-state index in [1.807, 2.05) is 0 Å². The highest BCUT2D eigenvalue weighted by Crippen LogP contribution is 2.36. The zero-order valence-corrected chi connectivity index (χ0v) is 13.6. The first-order valence-electron chi connectivity index (χ1n) is 7.15. The number of carbonyl (C=O) groups excluding carboxylic acids is 2. The summed E-state index contributed by atoms with van der Waals surface area (Å²) >= 11 is 0. The molecule has 0 fully saturated rings. The highest BCUT2D eigenvalue weighted by Gasteiger charge is 2.37. The second-order valence-electron chi connectivity index (χ2n) is 5.27. The van der Waals surface area contributed by atoms with Crippen molar-refractivity contribution in [3.63, 3.8) is 0 Å². The van der Waals surface area contributed by atoms with Gasteiger partial charge in [-0.3, -0.25) is 9.59 Å². The Morgan fingerprint density at radius 1 is 1.04 bits per heavy atom. The topological polar surface area (TPSA) is 92.7 Å². The molecular weight excluding hydrogens is 388 g/mol. The SMILES string of the molecule is COC(=O)CC[C@H](NC(=O)c1cc(C(F)(F)F)cc(C(F)(F)F)c1)C(=O)O. The second-order valence-corrected chi connectivity index (χ2v) is 5.27. The van der Waals surface area contributed by atoms with Crippen molar-refractivity contribution in [3.8, 4) is 0 Å². The maximum atomic E-state index is 12.8. The van der Waals surface area contributed by atoms with Crippen molar-refractivity contribution < 1.29 is 50.6 Å². The average Bonchev–Trinajstić information content (AvgIpc) is 2.55. The average molecular weight is 401 g/mol. The number of aliphatic carboxylic acids is 1. The number of carboxylic acid groups (broad SMARTS) is 1. The van der Waals surface area contributed by atoms with Crippen LogP contribution in [0.4, 0.5) is 26.3 Å². The molecule has 1 amide bonds. The maximum Gasteiger partial charge on any atom is 0.416 e. The first-order chi connectivity index (χ1) is 12.3. The van der Waals surface area contributed by atoms with Crippen molar-refractivity contribution in [1.29, 1.82) is 0 Å². The molecule has 1 aromatic rings. The summed E-state index contributed by atoms with van der Waals surface area (Å²) in [4.78, 5) is 34.1. The molecule has 0 bridgehead atoms. The van der Waals surface area contributed by atoms with Crippen LogP contribution in [0, 0.1) is 0 Å². The fourth-order valence-corrected chi connectivity index (χ4v) is 1.95. The summed E-state index contributed by atoms with van der Waals surface area (Å²) in [6.45, 7) is 0. The normalized spacial score (nSPS) is 13.0. The van der Waals surface area contributed by atoms with Crippen molar-refractivity contribution >= 4 is 17.8 Å². The van der Waals surface area contributed by atoms with E-state index in [9.17, 15) is 40.7 Å². The summed E-state index contributed by atoms with van der Waals surface area (Å²) in [6.07, 6.45) is -11.2. The molecule has 6 nitrogen and oxygen atoms in total. The molecule has 0 heterocycles. The number of methoxy groups -OCH3 is 1. The minimum Gasteiger partial charge on any atom is -0.480 e. The van der Waals surface area contributed by atoms with Gasteiger partial charge >= 0.3 is 24.3 Å². The van der Waals surface area contributed by atoms with Crippen LogP contribution < -0.4 is 5.32 Å². The minimum atomic E-state index is -5.16. The molecular formula is C15H13F6NO5. The molecule has 12 heteroatoms. The number of nitrogens with one attached hydrogen (secondary N) is 1. The molecule has 0 aliphatic rings. The molecule has 1 atom stereocenters. The van der Waals surface area contributed by atoms with Gasteiger partial charge < -0.3 is 15.2 Å². The van der Waals surface area contributed by atoms with Gasteiger partial charge in [0.15, 0.2) is 0 Å². The molecule has 0 spiro atoms. The number of carbonyl (C=O) groups is 3. The number of rotatable bonds is 6. The molecule has 0 unspecified atom stereocenters. The molecule has 0 saturated carbocycles. The Balaban J connectivity index is 3.17. The maximum absolute atomic E-state index is 12.8. The highest BCUT2D eigenvalue weighted by atomic mass is 19.4. The van der Waals surface area contributed by atoms with E-state index in [0.29, 0.717) is 0 Å². The van der Waals surface area contributed by atoms with E-state index >= 15 is 0 Å². The first kappa shape index (κ1) is 22.3. The molecule has 2 N–H and O–H groups in total. The van der Waals surface area contributed by atoms with Crippen molar-refractivity contribution in [2.75, 3.05) is 7.11 Å². The summed E-state index contributed by atoms with van der Waals surface area (Å²) in [5, 5.41) is 10.8. The largest absolute Gasteiger partial charge is 0.480 e. The Morgan fingerprint density at radius 2 is 1.52 bits per heavy atom. The molecule has 0 saturated heterocycles. The van der Waals surface area contributed by atoms with E-state index in [0.717, 1.165) is 7.11 Å². The predicted molar refractivity (Wildman–Crippen MR) is 76.6 cm³/mol. The van der Waals surface area contributed by atoms with E-state index in [-0.39, 0.29) is 18.2 Å². The lowest BCUT2D eigenvalue weighted by molar-refractivity contribution is -0.144. The predicted octanol–water partition coefficient (Wildman–Crippen LogP) is 2.86. The van der Waals surface area contributed by atoms with E-state index in [1.165, 1.54) is 0 Å². The lowest BCUT2D eigenvalue weighted by Crippen LogP contribution is -2.41. The molecule has 27 heavy (non-hydrogen) atoms. The van der Waals surface area contributed by atoms with E-state index < -0.39 is 65.8 Å². The molecule has 0 radical (unpaired) electrons. The van der Waals surface area contributed by atoms with E-state index in [4.69, 9.17) is 5.11 Å². The standard InChI is InChI=1S/C15H13F6NO5/c1-27-11(23)3-2-10(13(25)26)22-12(24)7-4-8(14(16,17)18)6-9(5-7)15(19,20)21/h4-6,10H,2-3H2,1H3,(H,22,24)(H,25,26)/t10-/m0/s1. The summed E-state index contributed by atoms with van der Waals surface area (Å²) < 4.78 is 81.0. The van der Waals surface area contributed by atoms with Gasteiger partial charge in [0.1, 0.15) is 6.04 Å². The van der Waals surface area contributed by atoms with Gasteiger partial charge in [0.2, 0.25) is 0 Å². The summed E-state index contributed by atoms with van der Waals surface area (Å²) in [5.74, 6) is -3.91. The Kier molecular flexibility index (Phi) is 6.81. The molecule has 1 rings (SSSR count). The fraction of sp³-hybridized carbons (Fsp3) is 0.400. The van der Waals surface area contributed by atoms with Crippen LogP contribution in [0.5, 0.6) is 0 Å². The number of hydrogen-bond donors (Lipinski definition) is 2. The van der Waals surface area contributed by atoms with Crippen LogP contribution in [0.25, 0.3) is 0 Å². The lowest BCUT2D eigenvalue weighted by Gasteiger charge is -2.17. The number of hydrogen-bond acceptors (Lipinski definition) is 4. The van der Waals surface area contributed by atoms with Gasteiger partial charge in [0, 0.05) is 12.0 Å². The molecule has 0 aromatic heterocycles. The van der Waals surface area contributed by atoms with Crippen LogP contribution >= 0.6 is 0 Å². The summed E-state index contributed by atoms with van der Waals surface area (Å²) in [7, 11) is 1.03. The minimum absolute atomic E-state index is 0.164. The number of esters is 1. The Bertz CT molecular complexity index is 696. The zero-order valence-electron chi connectivity index (χ0n) is 13.6. The molecule has 1 aromatic carbocycles. The second kappa shape index (κ2) is 8.27.